The molecule has 0 saturated heterocycles. The highest BCUT2D eigenvalue weighted by atomic mass is 35.5. The molecule has 1 aromatic rings. The number of hydrogen-bond acceptors (Lipinski definition) is 3. The second-order valence-electron chi connectivity index (χ2n) is 6.00. The van der Waals surface area contributed by atoms with Crippen LogP contribution in [0.3, 0.4) is 0 Å². The minimum atomic E-state index is 0.333. The Morgan fingerprint density at radius 2 is 1.63 bits per heavy atom. The highest BCUT2D eigenvalue weighted by molar-refractivity contribution is 6.28. The Balaban J connectivity index is 2.83. The summed E-state index contributed by atoms with van der Waals surface area (Å²) in [5, 5.41) is 0.333. The number of aryl methyl sites for hydroxylation is 1. The van der Waals surface area contributed by atoms with E-state index in [0.717, 1.165) is 24.5 Å². The van der Waals surface area contributed by atoms with E-state index in [1.807, 2.05) is 13.1 Å². The van der Waals surface area contributed by atoms with Gasteiger partial charge in [0.1, 0.15) is 5.82 Å². The Bertz CT molecular complexity index is 379. The molecule has 0 bridgehead atoms. The number of halogens is 1. The third kappa shape index (κ3) is 5.77. The Morgan fingerprint density at radius 1 is 1.11 bits per heavy atom. The molecule has 1 rings (SSSR count). The van der Waals surface area contributed by atoms with Crippen LogP contribution in [-0.4, -0.2) is 23.1 Å². The fourth-order valence-corrected chi connectivity index (χ4v) is 2.01. The van der Waals surface area contributed by atoms with Crippen LogP contribution in [-0.2, 0) is 0 Å². The largest absolute Gasteiger partial charge is 0.356 e. The summed E-state index contributed by atoms with van der Waals surface area (Å²) in [6, 6.07) is 0. The molecule has 0 fully saturated rings. The first-order valence-corrected chi connectivity index (χ1v) is 7.52. The van der Waals surface area contributed by atoms with E-state index in [1.54, 1.807) is 0 Å². The smallest absolute Gasteiger partial charge is 0.224 e. The zero-order valence-corrected chi connectivity index (χ0v) is 13.5. The minimum Gasteiger partial charge on any atom is -0.356 e. The maximum Gasteiger partial charge on any atom is 0.224 e. The summed E-state index contributed by atoms with van der Waals surface area (Å²) >= 11 is 5.94. The van der Waals surface area contributed by atoms with Gasteiger partial charge in [0, 0.05) is 24.8 Å². The highest BCUT2D eigenvalue weighted by Gasteiger charge is 2.13. The molecule has 0 aromatic carbocycles. The van der Waals surface area contributed by atoms with Crippen LogP contribution < -0.4 is 4.90 Å². The molecule has 0 aliphatic heterocycles. The molecule has 0 saturated carbocycles. The van der Waals surface area contributed by atoms with Crippen molar-refractivity contribution in [2.45, 2.75) is 47.5 Å². The molecular formula is C15H26ClN3. The summed E-state index contributed by atoms with van der Waals surface area (Å²) in [6.45, 7) is 13.1. The average Bonchev–Trinajstić information content (AvgIpc) is 2.32. The topological polar surface area (TPSA) is 29.0 Å². The standard InChI is InChI=1S/C15H26ClN3/c1-11(2)6-8-19(9-7-12(3)4)14-13(5)10-17-15(16)18-14/h10-12H,6-9H2,1-5H3. The molecule has 0 aliphatic carbocycles. The van der Waals surface area contributed by atoms with Gasteiger partial charge in [-0.1, -0.05) is 27.7 Å². The predicted molar refractivity (Wildman–Crippen MR) is 82.9 cm³/mol. The van der Waals surface area contributed by atoms with Gasteiger partial charge in [0.2, 0.25) is 5.28 Å². The van der Waals surface area contributed by atoms with Crippen LogP contribution in [0.15, 0.2) is 6.20 Å². The maximum atomic E-state index is 5.94. The minimum absolute atomic E-state index is 0.333. The molecule has 108 valence electrons. The lowest BCUT2D eigenvalue weighted by atomic mass is 10.1. The fourth-order valence-electron chi connectivity index (χ4n) is 1.88. The van der Waals surface area contributed by atoms with E-state index in [-0.39, 0.29) is 0 Å². The van der Waals surface area contributed by atoms with Crippen LogP contribution >= 0.6 is 11.6 Å². The number of hydrogen-bond donors (Lipinski definition) is 0. The van der Waals surface area contributed by atoms with Gasteiger partial charge in [-0.25, -0.2) is 9.97 Å². The fraction of sp³-hybridized carbons (Fsp3) is 0.733. The van der Waals surface area contributed by atoms with Crippen molar-refractivity contribution in [3.63, 3.8) is 0 Å². The molecule has 19 heavy (non-hydrogen) atoms. The molecule has 1 aromatic heterocycles. The van der Waals surface area contributed by atoms with Crippen molar-refractivity contribution in [3.05, 3.63) is 17.0 Å². The summed E-state index contributed by atoms with van der Waals surface area (Å²) < 4.78 is 0. The van der Waals surface area contributed by atoms with Gasteiger partial charge in [0.25, 0.3) is 0 Å². The van der Waals surface area contributed by atoms with E-state index in [4.69, 9.17) is 11.6 Å². The van der Waals surface area contributed by atoms with Crippen molar-refractivity contribution in [1.82, 2.24) is 9.97 Å². The molecule has 4 heteroatoms. The Hall–Kier alpha value is -0.830. The number of nitrogens with zero attached hydrogens (tertiary/aromatic N) is 3. The third-order valence-corrected chi connectivity index (χ3v) is 3.35. The van der Waals surface area contributed by atoms with Crippen molar-refractivity contribution in [2.24, 2.45) is 11.8 Å². The quantitative estimate of drug-likeness (QED) is 0.697. The normalized spacial score (nSPS) is 11.4. The van der Waals surface area contributed by atoms with Gasteiger partial charge in [-0.05, 0) is 43.2 Å². The van der Waals surface area contributed by atoms with E-state index in [0.29, 0.717) is 17.1 Å². The summed E-state index contributed by atoms with van der Waals surface area (Å²) in [5.74, 6) is 2.37. The lowest BCUT2D eigenvalue weighted by molar-refractivity contribution is 0.532. The van der Waals surface area contributed by atoms with E-state index in [2.05, 4.69) is 42.6 Å². The van der Waals surface area contributed by atoms with Crippen LogP contribution in [0, 0.1) is 18.8 Å². The Morgan fingerprint density at radius 3 is 2.11 bits per heavy atom. The first-order chi connectivity index (χ1) is 8.90. The molecule has 3 nitrogen and oxygen atoms in total. The van der Waals surface area contributed by atoms with E-state index in [9.17, 15) is 0 Å². The monoisotopic (exact) mass is 283 g/mol. The molecule has 0 radical (unpaired) electrons. The van der Waals surface area contributed by atoms with Crippen LogP contribution in [0.2, 0.25) is 5.28 Å². The van der Waals surface area contributed by atoms with Gasteiger partial charge in [-0.2, -0.15) is 0 Å². The summed E-state index contributed by atoms with van der Waals surface area (Å²) in [4.78, 5) is 10.8. The second-order valence-corrected chi connectivity index (χ2v) is 6.34. The van der Waals surface area contributed by atoms with Crippen molar-refractivity contribution in [1.29, 1.82) is 0 Å². The van der Waals surface area contributed by atoms with Crippen molar-refractivity contribution in [3.8, 4) is 0 Å². The predicted octanol–water partition coefficient (Wildman–Crippen LogP) is 4.34. The van der Waals surface area contributed by atoms with Gasteiger partial charge < -0.3 is 4.90 Å². The van der Waals surface area contributed by atoms with Crippen molar-refractivity contribution >= 4 is 17.4 Å². The lowest BCUT2D eigenvalue weighted by Crippen LogP contribution is -2.29. The average molecular weight is 284 g/mol. The van der Waals surface area contributed by atoms with Gasteiger partial charge in [-0.15, -0.1) is 0 Å². The first-order valence-electron chi connectivity index (χ1n) is 7.14. The molecule has 0 aliphatic rings. The SMILES string of the molecule is Cc1cnc(Cl)nc1N(CCC(C)C)CCC(C)C. The van der Waals surface area contributed by atoms with E-state index >= 15 is 0 Å². The Kier molecular flexibility index (Phi) is 6.56. The van der Waals surface area contributed by atoms with Gasteiger partial charge in [0.15, 0.2) is 0 Å². The van der Waals surface area contributed by atoms with Crippen LogP contribution in [0.25, 0.3) is 0 Å². The van der Waals surface area contributed by atoms with Crippen LogP contribution in [0.1, 0.15) is 46.1 Å². The Labute approximate surface area is 122 Å². The maximum absolute atomic E-state index is 5.94. The molecule has 0 amide bonds. The second kappa shape index (κ2) is 7.68. The van der Waals surface area contributed by atoms with Crippen molar-refractivity contribution < 1.29 is 0 Å². The van der Waals surface area contributed by atoms with E-state index in [1.165, 1.54) is 12.8 Å². The third-order valence-electron chi connectivity index (χ3n) is 3.17. The summed E-state index contributed by atoms with van der Waals surface area (Å²) in [5.41, 5.74) is 1.09. The van der Waals surface area contributed by atoms with Crippen LogP contribution in [0.4, 0.5) is 5.82 Å². The highest BCUT2D eigenvalue weighted by Crippen LogP contribution is 2.20. The molecule has 0 N–H and O–H groups in total. The number of aromatic nitrogens is 2. The molecule has 0 spiro atoms. The van der Waals surface area contributed by atoms with Gasteiger partial charge in [0.05, 0.1) is 0 Å². The molecule has 0 atom stereocenters. The van der Waals surface area contributed by atoms with Gasteiger partial charge >= 0.3 is 0 Å². The van der Waals surface area contributed by atoms with Crippen molar-refractivity contribution in [2.75, 3.05) is 18.0 Å². The zero-order valence-electron chi connectivity index (χ0n) is 12.8. The van der Waals surface area contributed by atoms with Gasteiger partial charge in [-0.3, -0.25) is 0 Å². The molecular weight excluding hydrogens is 258 g/mol. The lowest BCUT2D eigenvalue weighted by Gasteiger charge is -2.26. The molecule has 1 heterocycles. The first kappa shape index (κ1) is 16.2. The zero-order chi connectivity index (χ0) is 14.4. The molecule has 0 unspecified atom stereocenters. The number of rotatable bonds is 7. The van der Waals surface area contributed by atoms with E-state index < -0.39 is 0 Å². The summed E-state index contributed by atoms with van der Waals surface area (Å²) in [7, 11) is 0. The van der Waals surface area contributed by atoms with Crippen LogP contribution in [0.5, 0.6) is 0 Å². The number of anilines is 1. The summed E-state index contributed by atoms with van der Waals surface area (Å²) in [6.07, 6.45) is 4.14.